The molecule has 1 aliphatic heterocycles. The van der Waals surface area contributed by atoms with Gasteiger partial charge in [-0.25, -0.2) is 4.98 Å². The number of nitrogens with one attached hydrogen (secondary N) is 2. The monoisotopic (exact) mass is 248 g/mol. The fraction of sp³-hybridized carbons (Fsp3) is 0.545. The van der Waals surface area contributed by atoms with Crippen LogP contribution in [-0.4, -0.2) is 50.8 Å². The van der Waals surface area contributed by atoms with E-state index in [1.165, 1.54) is 0 Å². The molecule has 2 aromatic heterocycles. The number of fused-ring (bicyclic) bond motifs is 1. The van der Waals surface area contributed by atoms with E-state index in [1.807, 2.05) is 6.92 Å². The molecule has 3 heterocycles. The van der Waals surface area contributed by atoms with E-state index in [9.17, 15) is 5.11 Å². The van der Waals surface area contributed by atoms with Crippen LogP contribution in [0.15, 0.2) is 6.33 Å². The van der Waals surface area contributed by atoms with Crippen LogP contribution in [-0.2, 0) is 0 Å². The van der Waals surface area contributed by atoms with Crippen molar-refractivity contribution in [3.8, 4) is 0 Å². The molecule has 3 N–H and O–H groups in total. The molecule has 2 aromatic rings. The second kappa shape index (κ2) is 3.81. The Balaban J connectivity index is 2.07. The molecule has 1 aliphatic rings. The van der Waals surface area contributed by atoms with Gasteiger partial charge in [0.15, 0.2) is 11.5 Å². The van der Waals surface area contributed by atoms with Crippen LogP contribution < -0.4 is 10.2 Å². The summed E-state index contributed by atoms with van der Waals surface area (Å²) in [6.07, 6.45) is 2.35. The number of nitrogens with zero attached hydrogens (tertiary/aromatic N) is 4. The third-order valence-corrected chi connectivity index (χ3v) is 3.24. The third kappa shape index (κ3) is 1.76. The number of aromatic nitrogens is 4. The Bertz CT molecular complexity index is 578. The van der Waals surface area contributed by atoms with Gasteiger partial charge in [0.25, 0.3) is 0 Å². The first kappa shape index (κ1) is 11.2. The highest BCUT2D eigenvalue weighted by Crippen LogP contribution is 2.29. The quantitative estimate of drug-likeness (QED) is 0.711. The van der Waals surface area contributed by atoms with Gasteiger partial charge in [0.1, 0.15) is 5.52 Å². The maximum absolute atomic E-state index is 10.0. The lowest BCUT2D eigenvalue weighted by Crippen LogP contribution is -2.30. The van der Waals surface area contributed by atoms with Gasteiger partial charge in [0.2, 0.25) is 5.95 Å². The SMILES string of the molecule is CNc1nc(N2CCC(C)(O)C2)c2[nH]cnc2n1. The van der Waals surface area contributed by atoms with E-state index in [2.05, 4.69) is 30.2 Å². The minimum absolute atomic E-state index is 0.538. The van der Waals surface area contributed by atoms with Crippen molar-refractivity contribution in [1.29, 1.82) is 0 Å². The molecule has 0 spiro atoms. The van der Waals surface area contributed by atoms with Gasteiger partial charge < -0.3 is 20.3 Å². The number of β-amino-alcohol motifs (C(OH)–C–C–N with tert-alkyl or cyclic N) is 1. The summed E-state index contributed by atoms with van der Waals surface area (Å²) >= 11 is 0. The Morgan fingerprint density at radius 3 is 3.00 bits per heavy atom. The maximum atomic E-state index is 10.0. The predicted molar refractivity (Wildman–Crippen MR) is 68.7 cm³/mol. The Hall–Kier alpha value is -1.89. The molecule has 0 radical (unpaired) electrons. The van der Waals surface area contributed by atoms with Crippen molar-refractivity contribution in [2.45, 2.75) is 18.9 Å². The largest absolute Gasteiger partial charge is 0.388 e. The van der Waals surface area contributed by atoms with Crippen LogP contribution in [0.3, 0.4) is 0 Å². The highest BCUT2D eigenvalue weighted by molar-refractivity contribution is 5.84. The van der Waals surface area contributed by atoms with Gasteiger partial charge in [-0.1, -0.05) is 0 Å². The fourth-order valence-electron chi connectivity index (χ4n) is 2.28. The normalized spacial score (nSPS) is 23.8. The van der Waals surface area contributed by atoms with E-state index in [-0.39, 0.29) is 0 Å². The van der Waals surface area contributed by atoms with Gasteiger partial charge in [-0.2, -0.15) is 9.97 Å². The first-order chi connectivity index (χ1) is 8.59. The molecule has 0 amide bonds. The van der Waals surface area contributed by atoms with Gasteiger partial charge in [-0.3, -0.25) is 0 Å². The highest BCUT2D eigenvalue weighted by atomic mass is 16.3. The minimum atomic E-state index is -0.656. The number of anilines is 2. The van der Waals surface area contributed by atoms with Gasteiger partial charge in [0.05, 0.1) is 11.9 Å². The molecule has 1 atom stereocenters. The number of aliphatic hydroxyl groups is 1. The van der Waals surface area contributed by atoms with E-state index in [1.54, 1.807) is 13.4 Å². The Morgan fingerprint density at radius 2 is 2.33 bits per heavy atom. The van der Waals surface area contributed by atoms with Crippen molar-refractivity contribution in [2.24, 2.45) is 0 Å². The topological polar surface area (TPSA) is 90.0 Å². The lowest BCUT2D eigenvalue weighted by molar-refractivity contribution is 0.0839. The Labute approximate surface area is 104 Å². The first-order valence-corrected chi connectivity index (χ1v) is 5.95. The second-order valence-corrected chi connectivity index (χ2v) is 4.89. The lowest BCUT2D eigenvalue weighted by atomic mass is 10.1. The van der Waals surface area contributed by atoms with Gasteiger partial charge in [-0.05, 0) is 13.3 Å². The lowest BCUT2D eigenvalue weighted by Gasteiger charge is -2.20. The van der Waals surface area contributed by atoms with Crippen LogP contribution in [0, 0.1) is 0 Å². The second-order valence-electron chi connectivity index (χ2n) is 4.89. The van der Waals surface area contributed by atoms with E-state index in [4.69, 9.17) is 0 Å². The molecule has 7 heteroatoms. The molecule has 1 fully saturated rings. The molecule has 18 heavy (non-hydrogen) atoms. The molecule has 3 rings (SSSR count). The summed E-state index contributed by atoms with van der Waals surface area (Å²) in [5.41, 5.74) is 0.791. The molecule has 0 saturated carbocycles. The van der Waals surface area contributed by atoms with Crippen molar-refractivity contribution in [3.63, 3.8) is 0 Å². The van der Waals surface area contributed by atoms with Crippen molar-refractivity contribution >= 4 is 22.9 Å². The number of hydrogen-bond donors (Lipinski definition) is 3. The zero-order valence-corrected chi connectivity index (χ0v) is 10.4. The summed E-state index contributed by atoms with van der Waals surface area (Å²) in [4.78, 5) is 18.0. The number of rotatable bonds is 2. The van der Waals surface area contributed by atoms with E-state index in [0.717, 1.165) is 24.3 Å². The number of hydrogen-bond acceptors (Lipinski definition) is 6. The van der Waals surface area contributed by atoms with Crippen molar-refractivity contribution in [2.75, 3.05) is 30.4 Å². The third-order valence-electron chi connectivity index (χ3n) is 3.24. The smallest absolute Gasteiger partial charge is 0.226 e. The van der Waals surface area contributed by atoms with Gasteiger partial charge in [-0.15, -0.1) is 0 Å². The maximum Gasteiger partial charge on any atom is 0.226 e. The minimum Gasteiger partial charge on any atom is -0.388 e. The van der Waals surface area contributed by atoms with E-state index < -0.39 is 5.60 Å². The van der Waals surface area contributed by atoms with Crippen molar-refractivity contribution < 1.29 is 5.11 Å². The molecule has 0 aliphatic carbocycles. The zero-order valence-electron chi connectivity index (χ0n) is 10.4. The Kier molecular flexibility index (Phi) is 2.37. The summed E-state index contributed by atoms with van der Waals surface area (Å²) in [6.45, 7) is 3.19. The average molecular weight is 248 g/mol. The summed E-state index contributed by atoms with van der Waals surface area (Å²) in [5.74, 6) is 1.33. The zero-order chi connectivity index (χ0) is 12.8. The van der Waals surface area contributed by atoms with Crippen LogP contribution in [0.5, 0.6) is 0 Å². The van der Waals surface area contributed by atoms with Crippen LogP contribution in [0.1, 0.15) is 13.3 Å². The highest BCUT2D eigenvalue weighted by Gasteiger charge is 2.33. The number of H-pyrrole nitrogens is 1. The molecule has 0 aromatic carbocycles. The van der Waals surface area contributed by atoms with Gasteiger partial charge in [0, 0.05) is 20.1 Å². The molecule has 96 valence electrons. The molecule has 1 saturated heterocycles. The standard InChI is InChI=1S/C11H16N6O/c1-11(18)3-4-17(5-11)9-7-8(14-6-13-7)15-10(12-2)16-9/h6,18H,3-5H2,1-2H3,(H2,12,13,14,15,16). The molecule has 0 bridgehead atoms. The number of imidazole rings is 1. The molecule has 7 nitrogen and oxygen atoms in total. The van der Waals surface area contributed by atoms with Crippen LogP contribution in [0.25, 0.3) is 11.2 Å². The Morgan fingerprint density at radius 1 is 1.50 bits per heavy atom. The van der Waals surface area contributed by atoms with Gasteiger partial charge >= 0.3 is 0 Å². The molecule has 1 unspecified atom stereocenters. The average Bonchev–Trinajstić information content (AvgIpc) is 2.93. The van der Waals surface area contributed by atoms with E-state index in [0.29, 0.717) is 18.1 Å². The van der Waals surface area contributed by atoms with Crippen LogP contribution >= 0.6 is 0 Å². The van der Waals surface area contributed by atoms with Crippen LogP contribution in [0.2, 0.25) is 0 Å². The first-order valence-electron chi connectivity index (χ1n) is 5.95. The molecular weight excluding hydrogens is 232 g/mol. The summed E-state index contributed by atoms with van der Waals surface area (Å²) in [6, 6.07) is 0. The summed E-state index contributed by atoms with van der Waals surface area (Å²) in [5, 5.41) is 13.0. The van der Waals surface area contributed by atoms with Crippen molar-refractivity contribution in [1.82, 2.24) is 19.9 Å². The van der Waals surface area contributed by atoms with Crippen LogP contribution in [0.4, 0.5) is 11.8 Å². The number of aromatic amines is 1. The summed E-state index contributed by atoms with van der Waals surface area (Å²) < 4.78 is 0. The van der Waals surface area contributed by atoms with Crippen molar-refractivity contribution in [3.05, 3.63) is 6.33 Å². The molecular formula is C11H16N6O. The van der Waals surface area contributed by atoms with E-state index >= 15 is 0 Å². The fourth-order valence-corrected chi connectivity index (χ4v) is 2.28. The predicted octanol–water partition coefficient (Wildman–Crippen LogP) is 0.356. The summed E-state index contributed by atoms with van der Waals surface area (Å²) in [7, 11) is 1.78.